The van der Waals surface area contributed by atoms with Crippen LogP contribution in [-0.4, -0.2) is 44.4 Å². The van der Waals surface area contributed by atoms with Crippen LogP contribution in [0.1, 0.15) is 13.8 Å². The molecule has 0 aliphatic rings. The molecule has 3 heteroatoms. The summed E-state index contributed by atoms with van der Waals surface area (Å²) in [5.41, 5.74) is 0. The van der Waals surface area contributed by atoms with Gasteiger partial charge in [-0.3, -0.25) is 7.05 Å². The maximum Gasteiger partial charge on any atom is 0.0569 e. The quantitative estimate of drug-likeness (QED) is 0.407. The van der Waals surface area contributed by atoms with Crippen LogP contribution in [0.2, 0.25) is 0 Å². The van der Waals surface area contributed by atoms with Gasteiger partial charge in [0.05, 0.1) is 13.2 Å². The zero-order valence-corrected chi connectivity index (χ0v) is 8.21. The molecule has 0 fully saturated rings. The molecule has 0 rings (SSSR count). The van der Waals surface area contributed by atoms with E-state index in [-0.39, 0.29) is 0 Å². The highest BCUT2D eigenvalue weighted by molar-refractivity contribution is 4.53. The predicted octanol–water partition coefficient (Wildman–Crippen LogP) is 1.15. The van der Waals surface area contributed by atoms with Crippen molar-refractivity contribution in [2.24, 2.45) is 0 Å². The summed E-state index contributed by atoms with van der Waals surface area (Å²) in [6, 6.07) is 0. The molecule has 3 nitrogen and oxygen atoms in total. The Morgan fingerprint density at radius 2 is 1.42 bits per heavy atom. The van der Waals surface area contributed by atoms with Gasteiger partial charge in [-0.05, 0) is 26.9 Å². The van der Waals surface area contributed by atoms with Crippen LogP contribution in [0.15, 0.2) is 0 Å². The minimum atomic E-state index is 0.756. The van der Waals surface area contributed by atoms with Crippen LogP contribution in [0, 0.1) is 7.05 Å². The molecule has 0 aliphatic heterocycles. The fourth-order valence-corrected chi connectivity index (χ4v) is 0.788. The Hall–Kier alpha value is -0.120. The van der Waals surface area contributed by atoms with Crippen molar-refractivity contribution in [2.45, 2.75) is 13.8 Å². The Kier molecular flexibility index (Phi) is 8.88. The van der Waals surface area contributed by atoms with Gasteiger partial charge in [0.1, 0.15) is 0 Å². The van der Waals surface area contributed by atoms with E-state index in [1.165, 1.54) is 0 Å². The lowest BCUT2D eigenvalue weighted by molar-refractivity contribution is 0.0995. The van der Waals surface area contributed by atoms with Crippen molar-refractivity contribution in [1.82, 2.24) is 4.90 Å². The van der Waals surface area contributed by atoms with Crippen molar-refractivity contribution in [2.75, 3.05) is 39.5 Å². The first-order valence-electron chi connectivity index (χ1n) is 4.52. The van der Waals surface area contributed by atoms with E-state index in [0.717, 1.165) is 39.5 Å². The van der Waals surface area contributed by atoms with Crippen LogP contribution in [-0.2, 0) is 9.47 Å². The van der Waals surface area contributed by atoms with E-state index in [9.17, 15) is 0 Å². The molecule has 0 unspecified atom stereocenters. The highest BCUT2D eigenvalue weighted by atomic mass is 16.5. The van der Waals surface area contributed by atoms with Crippen molar-refractivity contribution < 1.29 is 9.47 Å². The van der Waals surface area contributed by atoms with Gasteiger partial charge in [-0.1, -0.05) is 0 Å². The third kappa shape index (κ3) is 7.98. The first kappa shape index (κ1) is 11.9. The molecule has 0 heterocycles. The number of nitrogens with zero attached hydrogens (tertiary/aromatic N) is 1. The Morgan fingerprint density at radius 3 is 1.75 bits per heavy atom. The summed E-state index contributed by atoms with van der Waals surface area (Å²) in [5, 5.41) is 0. The summed E-state index contributed by atoms with van der Waals surface area (Å²) in [4.78, 5) is 1.96. The van der Waals surface area contributed by atoms with E-state index in [2.05, 4.69) is 7.05 Å². The molecule has 0 N–H and O–H groups in total. The molecule has 0 saturated carbocycles. The Balaban J connectivity index is 3.04. The molecule has 0 bridgehead atoms. The fourth-order valence-electron chi connectivity index (χ4n) is 0.788. The standard InChI is InChI=1S/C9H20NO2/c1-4-11-8-6-10(3)7-9-12-5-2/h3-9H2,1-2H3/q-1. The van der Waals surface area contributed by atoms with Gasteiger partial charge in [0.15, 0.2) is 0 Å². The highest BCUT2D eigenvalue weighted by Crippen LogP contribution is 1.86. The summed E-state index contributed by atoms with van der Waals surface area (Å²) >= 11 is 0. The number of rotatable bonds is 8. The monoisotopic (exact) mass is 174 g/mol. The van der Waals surface area contributed by atoms with E-state index >= 15 is 0 Å². The van der Waals surface area contributed by atoms with Gasteiger partial charge in [0.25, 0.3) is 0 Å². The summed E-state index contributed by atoms with van der Waals surface area (Å²) in [6.45, 7) is 8.81. The van der Waals surface area contributed by atoms with Gasteiger partial charge in [0, 0.05) is 13.2 Å². The van der Waals surface area contributed by atoms with Gasteiger partial charge in [0.2, 0.25) is 0 Å². The van der Waals surface area contributed by atoms with Crippen LogP contribution < -0.4 is 0 Å². The lowest BCUT2D eigenvalue weighted by Gasteiger charge is -2.24. The molecular formula is C9H20NO2-. The normalized spacial score (nSPS) is 11.0. The minimum Gasteiger partial charge on any atom is -0.455 e. The lowest BCUT2D eigenvalue weighted by Crippen LogP contribution is -2.25. The predicted molar refractivity (Wildman–Crippen MR) is 49.9 cm³/mol. The summed E-state index contributed by atoms with van der Waals surface area (Å²) in [7, 11) is 3.85. The van der Waals surface area contributed by atoms with Crippen molar-refractivity contribution in [3.8, 4) is 0 Å². The van der Waals surface area contributed by atoms with Crippen LogP contribution in [0.5, 0.6) is 0 Å². The smallest absolute Gasteiger partial charge is 0.0569 e. The minimum absolute atomic E-state index is 0.756. The Labute approximate surface area is 75.6 Å². The SMILES string of the molecule is [CH2-]N(CCOCC)CCOCC. The van der Waals surface area contributed by atoms with Gasteiger partial charge in [-0.25, -0.2) is 0 Å². The second-order valence-corrected chi connectivity index (χ2v) is 2.51. The summed E-state index contributed by atoms with van der Waals surface area (Å²) in [5.74, 6) is 0. The van der Waals surface area contributed by atoms with Gasteiger partial charge in [-0.15, -0.1) is 0 Å². The van der Waals surface area contributed by atoms with Crippen molar-refractivity contribution in [3.05, 3.63) is 7.05 Å². The molecule has 0 spiro atoms. The number of ether oxygens (including phenoxy) is 2. The van der Waals surface area contributed by atoms with E-state index in [4.69, 9.17) is 9.47 Å². The second-order valence-electron chi connectivity index (χ2n) is 2.51. The zero-order valence-electron chi connectivity index (χ0n) is 8.21. The molecule has 0 saturated heterocycles. The summed E-state index contributed by atoms with van der Waals surface area (Å²) < 4.78 is 10.4. The van der Waals surface area contributed by atoms with E-state index < -0.39 is 0 Å². The molecule has 0 atom stereocenters. The molecular weight excluding hydrogens is 154 g/mol. The largest absolute Gasteiger partial charge is 0.455 e. The average molecular weight is 174 g/mol. The first-order valence-corrected chi connectivity index (χ1v) is 4.52. The molecule has 0 radical (unpaired) electrons. The number of hydrogen-bond donors (Lipinski definition) is 0. The third-order valence-electron chi connectivity index (χ3n) is 1.51. The molecule has 12 heavy (non-hydrogen) atoms. The fraction of sp³-hybridized carbons (Fsp3) is 0.889. The lowest BCUT2D eigenvalue weighted by atomic mass is 10.5. The van der Waals surface area contributed by atoms with Crippen LogP contribution in [0.4, 0.5) is 0 Å². The maximum absolute atomic E-state index is 5.19. The molecule has 0 aromatic heterocycles. The van der Waals surface area contributed by atoms with Crippen molar-refractivity contribution in [1.29, 1.82) is 0 Å². The topological polar surface area (TPSA) is 21.7 Å². The zero-order chi connectivity index (χ0) is 9.23. The van der Waals surface area contributed by atoms with Crippen LogP contribution in [0.3, 0.4) is 0 Å². The third-order valence-corrected chi connectivity index (χ3v) is 1.51. The Morgan fingerprint density at radius 1 is 1.00 bits per heavy atom. The first-order chi connectivity index (χ1) is 5.81. The molecule has 74 valence electrons. The van der Waals surface area contributed by atoms with Crippen LogP contribution in [0.25, 0.3) is 0 Å². The van der Waals surface area contributed by atoms with E-state index in [1.807, 2.05) is 18.7 Å². The van der Waals surface area contributed by atoms with E-state index in [1.54, 1.807) is 0 Å². The van der Waals surface area contributed by atoms with Crippen molar-refractivity contribution in [3.63, 3.8) is 0 Å². The molecule has 0 amide bonds. The average Bonchev–Trinajstić information content (AvgIpc) is 2.06. The van der Waals surface area contributed by atoms with Gasteiger partial charge < -0.3 is 14.4 Å². The summed E-state index contributed by atoms with van der Waals surface area (Å²) in [6.07, 6.45) is 0. The number of hydrogen-bond acceptors (Lipinski definition) is 3. The van der Waals surface area contributed by atoms with Gasteiger partial charge >= 0.3 is 0 Å². The van der Waals surface area contributed by atoms with Crippen LogP contribution >= 0.6 is 0 Å². The molecule has 0 aliphatic carbocycles. The highest BCUT2D eigenvalue weighted by Gasteiger charge is 1.90. The van der Waals surface area contributed by atoms with Gasteiger partial charge in [-0.2, -0.15) is 0 Å². The second kappa shape index (κ2) is 8.97. The maximum atomic E-state index is 5.19. The van der Waals surface area contributed by atoms with E-state index in [0.29, 0.717) is 0 Å². The molecule has 0 aromatic carbocycles. The Bertz CT molecular complexity index is 78.6. The van der Waals surface area contributed by atoms with Crippen molar-refractivity contribution >= 4 is 0 Å². The molecule has 0 aromatic rings.